The highest BCUT2D eigenvalue weighted by Gasteiger charge is 2.48. The molecule has 0 bridgehead atoms. The summed E-state index contributed by atoms with van der Waals surface area (Å²) in [5, 5.41) is 3.40. The maximum absolute atomic E-state index is 12.2. The molecule has 1 aliphatic rings. The van der Waals surface area contributed by atoms with Gasteiger partial charge in [-0.15, -0.1) is 0 Å². The number of methoxy groups -OCH3 is 1. The number of benzene rings is 1. The van der Waals surface area contributed by atoms with Crippen molar-refractivity contribution in [2.45, 2.75) is 45.6 Å². The second-order valence-electron chi connectivity index (χ2n) is 6.96. The highest BCUT2D eigenvalue weighted by atomic mass is 16.5. The Bertz CT molecular complexity index is 527. The van der Waals surface area contributed by atoms with E-state index in [2.05, 4.69) is 26.1 Å². The molecule has 1 saturated carbocycles. The van der Waals surface area contributed by atoms with Crippen molar-refractivity contribution in [1.82, 2.24) is 0 Å². The van der Waals surface area contributed by atoms with Gasteiger partial charge in [-0.25, -0.2) is 0 Å². The first-order valence-corrected chi connectivity index (χ1v) is 7.51. The average Bonchev–Trinajstić information content (AvgIpc) is 2.41. The monoisotopic (exact) mass is 290 g/mol. The van der Waals surface area contributed by atoms with Gasteiger partial charge in [-0.3, -0.25) is 4.79 Å². The molecule has 21 heavy (non-hydrogen) atoms. The Morgan fingerprint density at radius 3 is 2.67 bits per heavy atom. The third-order valence-corrected chi connectivity index (χ3v) is 4.77. The fourth-order valence-corrected chi connectivity index (χ4v) is 3.46. The van der Waals surface area contributed by atoms with E-state index in [1.807, 2.05) is 24.3 Å². The van der Waals surface area contributed by atoms with Crippen molar-refractivity contribution >= 4 is 11.6 Å². The summed E-state index contributed by atoms with van der Waals surface area (Å²) in [6.45, 7) is 6.61. The van der Waals surface area contributed by atoms with Crippen LogP contribution in [0.5, 0.6) is 5.75 Å². The van der Waals surface area contributed by atoms with Crippen molar-refractivity contribution in [2.75, 3.05) is 12.4 Å². The number of hydrogen-bond acceptors (Lipinski definition) is 3. The molecular formula is C17H26N2O2. The summed E-state index contributed by atoms with van der Waals surface area (Å²) in [4.78, 5) is 12.2. The Kier molecular flexibility index (Phi) is 4.17. The van der Waals surface area contributed by atoms with Gasteiger partial charge in [-0.1, -0.05) is 26.8 Å². The van der Waals surface area contributed by atoms with E-state index in [0.717, 1.165) is 30.7 Å². The number of amides is 1. The molecule has 0 heterocycles. The van der Waals surface area contributed by atoms with Crippen LogP contribution in [0.4, 0.5) is 5.69 Å². The lowest BCUT2D eigenvalue weighted by Crippen LogP contribution is -2.58. The number of hydrogen-bond donors (Lipinski definition) is 2. The van der Waals surface area contributed by atoms with Gasteiger partial charge in [-0.05, 0) is 42.7 Å². The molecule has 1 aromatic rings. The molecule has 4 nitrogen and oxygen atoms in total. The van der Waals surface area contributed by atoms with Crippen LogP contribution in [0.15, 0.2) is 24.3 Å². The van der Waals surface area contributed by atoms with Crippen molar-refractivity contribution in [3.05, 3.63) is 24.3 Å². The first-order chi connectivity index (χ1) is 9.79. The molecular weight excluding hydrogens is 264 g/mol. The number of ether oxygens (including phenoxy) is 1. The molecule has 0 aliphatic heterocycles. The Labute approximate surface area is 127 Å². The molecule has 4 heteroatoms. The molecule has 1 fully saturated rings. The van der Waals surface area contributed by atoms with Crippen molar-refractivity contribution in [1.29, 1.82) is 0 Å². The van der Waals surface area contributed by atoms with Crippen LogP contribution in [0.1, 0.15) is 40.0 Å². The topological polar surface area (TPSA) is 64.3 Å². The van der Waals surface area contributed by atoms with Gasteiger partial charge >= 0.3 is 0 Å². The number of carbonyl (C=O) groups is 1. The van der Waals surface area contributed by atoms with E-state index in [1.54, 1.807) is 7.11 Å². The molecule has 2 unspecified atom stereocenters. The first kappa shape index (κ1) is 15.7. The van der Waals surface area contributed by atoms with Gasteiger partial charge < -0.3 is 15.8 Å². The van der Waals surface area contributed by atoms with Gasteiger partial charge in [-0.2, -0.15) is 0 Å². The second-order valence-corrected chi connectivity index (χ2v) is 6.96. The summed E-state index contributed by atoms with van der Waals surface area (Å²) >= 11 is 0. The minimum atomic E-state index is -0.679. The lowest BCUT2D eigenvalue weighted by molar-refractivity contribution is -0.126. The predicted octanol–water partition coefficient (Wildman–Crippen LogP) is 3.18. The lowest BCUT2D eigenvalue weighted by atomic mass is 9.63. The van der Waals surface area contributed by atoms with Crippen LogP contribution in [-0.4, -0.2) is 18.6 Å². The Morgan fingerprint density at radius 2 is 2.10 bits per heavy atom. The summed E-state index contributed by atoms with van der Waals surface area (Å²) in [5.41, 5.74) is 6.22. The van der Waals surface area contributed by atoms with E-state index in [9.17, 15) is 4.79 Å². The van der Waals surface area contributed by atoms with Crippen LogP contribution in [0.25, 0.3) is 0 Å². The average molecular weight is 290 g/mol. The zero-order valence-electron chi connectivity index (χ0n) is 13.4. The third-order valence-electron chi connectivity index (χ3n) is 4.77. The van der Waals surface area contributed by atoms with Crippen LogP contribution in [-0.2, 0) is 4.79 Å². The zero-order chi connectivity index (χ0) is 15.7. The molecule has 2 atom stereocenters. The zero-order valence-corrected chi connectivity index (χ0v) is 13.4. The molecule has 2 rings (SSSR count). The van der Waals surface area contributed by atoms with Crippen LogP contribution in [0.3, 0.4) is 0 Å². The Balaban J connectivity index is 2.29. The SMILES string of the molecule is COc1cccc(NC2(C(N)=O)CCC(C)(C)CC2C)c1. The van der Waals surface area contributed by atoms with Crippen molar-refractivity contribution in [2.24, 2.45) is 17.1 Å². The first-order valence-electron chi connectivity index (χ1n) is 7.51. The van der Waals surface area contributed by atoms with Crippen molar-refractivity contribution < 1.29 is 9.53 Å². The van der Waals surface area contributed by atoms with Crippen LogP contribution in [0.2, 0.25) is 0 Å². The number of nitrogens with one attached hydrogen (secondary N) is 1. The fraction of sp³-hybridized carbons (Fsp3) is 0.588. The maximum Gasteiger partial charge on any atom is 0.243 e. The van der Waals surface area contributed by atoms with Crippen molar-refractivity contribution in [3.8, 4) is 5.75 Å². The van der Waals surface area contributed by atoms with E-state index in [-0.39, 0.29) is 17.2 Å². The predicted molar refractivity (Wildman–Crippen MR) is 85.3 cm³/mol. The van der Waals surface area contributed by atoms with Gasteiger partial charge in [0.15, 0.2) is 0 Å². The molecule has 1 aliphatic carbocycles. The molecule has 0 saturated heterocycles. The normalized spacial score (nSPS) is 27.9. The number of anilines is 1. The Hall–Kier alpha value is -1.71. The van der Waals surface area contributed by atoms with Gasteiger partial charge in [0.2, 0.25) is 5.91 Å². The van der Waals surface area contributed by atoms with Gasteiger partial charge in [0.25, 0.3) is 0 Å². The molecule has 1 aromatic carbocycles. The minimum absolute atomic E-state index is 0.185. The van der Waals surface area contributed by atoms with E-state index in [1.165, 1.54) is 0 Å². The smallest absolute Gasteiger partial charge is 0.243 e. The Morgan fingerprint density at radius 1 is 1.38 bits per heavy atom. The van der Waals surface area contributed by atoms with E-state index in [4.69, 9.17) is 10.5 Å². The summed E-state index contributed by atoms with van der Waals surface area (Å²) < 4.78 is 5.24. The van der Waals surface area contributed by atoms with Crippen molar-refractivity contribution in [3.63, 3.8) is 0 Å². The van der Waals surface area contributed by atoms with Gasteiger partial charge in [0, 0.05) is 11.8 Å². The molecule has 0 spiro atoms. The molecule has 1 amide bonds. The van der Waals surface area contributed by atoms with Gasteiger partial charge in [0.1, 0.15) is 11.3 Å². The molecule has 116 valence electrons. The fourth-order valence-electron chi connectivity index (χ4n) is 3.46. The number of carbonyl (C=O) groups excluding carboxylic acids is 1. The number of nitrogens with two attached hydrogens (primary N) is 1. The van der Waals surface area contributed by atoms with Gasteiger partial charge in [0.05, 0.1) is 7.11 Å². The highest BCUT2D eigenvalue weighted by Crippen LogP contribution is 2.45. The molecule has 0 aromatic heterocycles. The highest BCUT2D eigenvalue weighted by molar-refractivity contribution is 5.88. The second kappa shape index (κ2) is 5.58. The maximum atomic E-state index is 12.2. The van der Waals surface area contributed by atoms with E-state index < -0.39 is 5.54 Å². The summed E-state index contributed by atoms with van der Waals surface area (Å²) in [7, 11) is 1.63. The summed E-state index contributed by atoms with van der Waals surface area (Å²) in [6, 6.07) is 7.64. The standard InChI is InChI=1S/C17H26N2O2/c1-12-11-16(2,3)8-9-17(12,15(18)20)19-13-6-5-7-14(10-13)21-4/h5-7,10,12,19H,8-9,11H2,1-4H3,(H2,18,20). The summed E-state index contributed by atoms with van der Waals surface area (Å²) in [6.07, 6.45) is 2.72. The quantitative estimate of drug-likeness (QED) is 0.895. The largest absolute Gasteiger partial charge is 0.497 e. The minimum Gasteiger partial charge on any atom is -0.497 e. The lowest BCUT2D eigenvalue weighted by Gasteiger charge is -2.47. The van der Waals surface area contributed by atoms with Crippen LogP contribution < -0.4 is 15.8 Å². The van der Waals surface area contributed by atoms with Crippen LogP contribution >= 0.6 is 0 Å². The van der Waals surface area contributed by atoms with E-state index >= 15 is 0 Å². The van der Waals surface area contributed by atoms with Crippen LogP contribution in [0, 0.1) is 11.3 Å². The number of rotatable bonds is 4. The molecule has 0 radical (unpaired) electrons. The van der Waals surface area contributed by atoms with E-state index in [0.29, 0.717) is 0 Å². The summed E-state index contributed by atoms with van der Waals surface area (Å²) in [5.74, 6) is 0.682. The molecule has 3 N–H and O–H groups in total. The third kappa shape index (κ3) is 3.14. The number of primary amides is 1.